The number of hydrogen-bond acceptors (Lipinski definition) is 4. The highest BCUT2D eigenvalue weighted by Gasteiger charge is 2.40. The Morgan fingerprint density at radius 1 is 1.23 bits per heavy atom. The maximum absolute atomic E-state index is 11.9. The van der Waals surface area contributed by atoms with Gasteiger partial charge in [-0.2, -0.15) is 0 Å². The number of amides is 1. The maximum Gasteiger partial charge on any atom is 0.307 e. The molecule has 3 rings (SSSR count). The molecule has 1 aliphatic heterocycles. The molecule has 1 aliphatic rings. The second-order valence-corrected chi connectivity index (χ2v) is 8.63. The van der Waals surface area contributed by atoms with Gasteiger partial charge in [-0.1, -0.05) is 29.8 Å². The Morgan fingerprint density at radius 2 is 1.97 bits per heavy atom. The Hall–Kier alpha value is -2.57. The van der Waals surface area contributed by atoms with Gasteiger partial charge < -0.3 is 19.9 Å². The third-order valence-electron chi connectivity index (χ3n) is 5.37. The molecule has 31 heavy (non-hydrogen) atoms. The zero-order chi connectivity index (χ0) is 22.6. The van der Waals surface area contributed by atoms with E-state index in [9.17, 15) is 14.7 Å². The van der Waals surface area contributed by atoms with Crippen LogP contribution < -0.4 is 10.1 Å². The van der Waals surface area contributed by atoms with E-state index in [1.807, 2.05) is 38.1 Å². The van der Waals surface area contributed by atoms with Crippen molar-refractivity contribution < 1.29 is 24.2 Å². The Morgan fingerprint density at radius 3 is 2.61 bits per heavy atom. The topological polar surface area (TPSA) is 84.9 Å². The zero-order valence-corrected chi connectivity index (χ0v) is 18.7. The van der Waals surface area contributed by atoms with Crippen molar-refractivity contribution in [1.29, 1.82) is 0 Å². The molecule has 2 aromatic carbocycles. The number of halogens is 1. The summed E-state index contributed by atoms with van der Waals surface area (Å²) < 4.78 is 12.3. The molecule has 0 unspecified atom stereocenters. The van der Waals surface area contributed by atoms with Gasteiger partial charge in [-0.05, 0) is 49.2 Å². The van der Waals surface area contributed by atoms with Crippen LogP contribution in [0.3, 0.4) is 0 Å². The SMILES string of the molecule is CCOc1ccc(CC(=O)O)cc1[C@H]1C[C@@](C)(NC(C)=O)C[C@@H](c2cccc(Cl)c2)O1. The Bertz CT molecular complexity index is 963. The lowest BCUT2D eigenvalue weighted by atomic mass is 9.81. The number of carbonyl (C=O) groups excluding carboxylic acids is 1. The molecule has 1 fully saturated rings. The lowest BCUT2D eigenvalue weighted by molar-refractivity contribution is -0.136. The van der Waals surface area contributed by atoms with Gasteiger partial charge in [0.1, 0.15) is 5.75 Å². The summed E-state index contributed by atoms with van der Waals surface area (Å²) in [6, 6.07) is 12.9. The first-order valence-corrected chi connectivity index (χ1v) is 10.7. The van der Waals surface area contributed by atoms with Crippen molar-refractivity contribution in [2.45, 2.75) is 57.8 Å². The van der Waals surface area contributed by atoms with Crippen LogP contribution in [0, 0.1) is 0 Å². The summed E-state index contributed by atoms with van der Waals surface area (Å²) in [5, 5.41) is 12.9. The standard InChI is InChI=1S/C24H28ClNO5/c1-4-30-20-9-8-16(11-23(28)29)10-19(20)22-14-24(3,26-15(2)27)13-21(31-22)17-6-5-7-18(25)12-17/h5-10,12,21-22H,4,11,13-14H2,1-3H3,(H,26,27)(H,28,29)/t21-,22+,24-/m0/s1. The van der Waals surface area contributed by atoms with Crippen LogP contribution in [-0.2, 0) is 20.7 Å². The van der Waals surface area contributed by atoms with E-state index >= 15 is 0 Å². The van der Waals surface area contributed by atoms with Crippen LogP contribution in [0.4, 0.5) is 0 Å². The second kappa shape index (κ2) is 9.71. The van der Waals surface area contributed by atoms with Crippen LogP contribution in [0.25, 0.3) is 0 Å². The lowest BCUT2D eigenvalue weighted by Crippen LogP contribution is -2.50. The minimum absolute atomic E-state index is 0.0905. The van der Waals surface area contributed by atoms with E-state index in [2.05, 4.69) is 5.32 Å². The van der Waals surface area contributed by atoms with E-state index in [0.29, 0.717) is 35.8 Å². The van der Waals surface area contributed by atoms with Gasteiger partial charge in [-0.3, -0.25) is 9.59 Å². The van der Waals surface area contributed by atoms with Crippen LogP contribution in [0.5, 0.6) is 5.75 Å². The van der Waals surface area contributed by atoms with Crippen molar-refractivity contribution in [3.05, 3.63) is 64.2 Å². The first kappa shape index (κ1) is 23.1. The molecule has 0 bridgehead atoms. The van der Waals surface area contributed by atoms with Gasteiger partial charge in [0.05, 0.1) is 25.2 Å². The first-order chi connectivity index (χ1) is 14.7. The number of ether oxygens (including phenoxy) is 2. The highest BCUT2D eigenvalue weighted by molar-refractivity contribution is 6.30. The van der Waals surface area contributed by atoms with Crippen LogP contribution in [0.15, 0.2) is 42.5 Å². The van der Waals surface area contributed by atoms with E-state index in [4.69, 9.17) is 21.1 Å². The van der Waals surface area contributed by atoms with E-state index in [-0.39, 0.29) is 18.4 Å². The van der Waals surface area contributed by atoms with E-state index in [0.717, 1.165) is 11.1 Å². The van der Waals surface area contributed by atoms with Crippen molar-refractivity contribution in [1.82, 2.24) is 5.32 Å². The highest BCUT2D eigenvalue weighted by Crippen LogP contribution is 2.46. The third-order valence-corrected chi connectivity index (χ3v) is 5.61. The Labute approximate surface area is 187 Å². The molecule has 0 spiro atoms. The molecular weight excluding hydrogens is 418 g/mol. The predicted molar refractivity (Wildman–Crippen MR) is 118 cm³/mol. The van der Waals surface area contributed by atoms with Gasteiger partial charge in [0, 0.05) is 35.9 Å². The first-order valence-electron chi connectivity index (χ1n) is 10.4. The number of hydrogen-bond donors (Lipinski definition) is 2. The summed E-state index contributed by atoms with van der Waals surface area (Å²) in [7, 11) is 0. The normalized spacial score (nSPS) is 23.2. The number of carboxylic acid groups (broad SMARTS) is 1. The van der Waals surface area contributed by atoms with Gasteiger partial charge in [0.15, 0.2) is 0 Å². The molecule has 3 atom stereocenters. The van der Waals surface area contributed by atoms with Crippen molar-refractivity contribution in [3.63, 3.8) is 0 Å². The summed E-state index contributed by atoms with van der Waals surface area (Å²) in [5.41, 5.74) is 1.85. The molecular formula is C24H28ClNO5. The predicted octanol–water partition coefficient (Wildman–Crippen LogP) is 4.85. The van der Waals surface area contributed by atoms with E-state index < -0.39 is 17.6 Å². The fourth-order valence-corrected chi connectivity index (χ4v) is 4.43. The quantitative estimate of drug-likeness (QED) is 0.636. The third kappa shape index (κ3) is 5.99. The monoisotopic (exact) mass is 445 g/mol. The van der Waals surface area contributed by atoms with Gasteiger partial charge in [0.2, 0.25) is 5.91 Å². The number of carbonyl (C=O) groups is 2. The van der Waals surface area contributed by atoms with Crippen molar-refractivity contribution in [2.75, 3.05) is 6.61 Å². The lowest BCUT2D eigenvalue weighted by Gasteiger charge is -2.43. The number of rotatable bonds is 7. The van der Waals surface area contributed by atoms with Crippen molar-refractivity contribution in [3.8, 4) is 5.75 Å². The maximum atomic E-state index is 11.9. The van der Waals surface area contributed by atoms with Crippen LogP contribution >= 0.6 is 11.6 Å². The second-order valence-electron chi connectivity index (χ2n) is 8.19. The van der Waals surface area contributed by atoms with Gasteiger partial charge >= 0.3 is 5.97 Å². The average Bonchev–Trinajstić information content (AvgIpc) is 2.67. The molecule has 2 aromatic rings. The molecule has 0 radical (unpaired) electrons. The summed E-state index contributed by atoms with van der Waals surface area (Å²) >= 11 is 6.21. The minimum Gasteiger partial charge on any atom is -0.493 e. The molecule has 1 saturated heterocycles. The van der Waals surface area contributed by atoms with Crippen LogP contribution in [0.2, 0.25) is 5.02 Å². The van der Waals surface area contributed by atoms with E-state index in [1.165, 1.54) is 6.92 Å². The molecule has 1 heterocycles. The molecule has 2 N–H and O–H groups in total. The molecule has 7 heteroatoms. The largest absolute Gasteiger partial charge is 0.493 e. The molecule has 0 aromatic heterocycles. The summed E-state index contributed by atoms with van der Waals surface area (Å²) in [6.07, 6.45) is 0.326. The molecule has 166 valence electrons. The molecule has 1 amide bonds. The fourth-order valence-electron chi connectivity index (χ4n) is 4.23. The number of aliphatic carboxylic acids is 1. The van der Waals surface area contributed by atoms with Gasteiger partial charge in [-0.15, -0.1) is 0 Å². The molecule has 6 nitrogen and oxygen atoms in total. The minimum atomic E-state index is -0.903. The fraction of sp³-hybridized carbons (Fsp3) is 0.417. The van der Waals surface area contributed by atoms with Crippen LogP contribution in [-0.4, -0.2) is 29.1 Å². The highest BCUT2D eigenvalue weighted by atomic mass is 35.5. The Kier molecular flexibility index (Phi) is 7.23. The van der Waals surface area contributed by atoms with Crippen molar-refractivity contribution in [2.24, 2.45) is 0 Å². The summed E-state index contributed by atoms with van der Waals surface area (Å²) in [4.78, 5) is 23.2. The zero-order valence-electron chi connectivity index (χ0n) is 18.0. The molecule has 0 saturated carbocycles. The van der Waals surface area contributed by atoms with Gasteiger partial charge in [-0.25, -0.2) is 0 Å². The van der Waals surface area contributed by atoms with Crippen molar-refractivity contribution >= 4 is 23.5 Å². The average molecular weight is 446 g/mol. The number of benzene rings is 2. The Balaban J connectivity index is 2.03. The number of carboxylic acids is 1. The molecule has 0 aliphatic carbocycles. The smallest absolute Gasteiger partial charge is 0.307 e. The summed E-state index contributed by atoms with van der Waals surface area (Å²) in [6.45, 7) is 5.87. The van der Waals surface area contributed by atoms with E-state index in [1.54, 1.807) is 18.2 Å². The van der Waals surface area contributed by atoms with Gasteiger partial charge in [0.25, 0.3) is 0 Å². The number of nitrogens with one attached hydrogen (secondary N) is 1. The van der Waals surface area contributed by atoms with Crippen LogP contribution in [0.1, 0.15) is 62.5 Å². The summed E-state index contributed by atoms with van der Waals surface area (Å²) in [5.74, 6) is -0.365.